The van der Waals surface area contributed by atoms with E-state index in [0.29, 0.717) is 15.6 Å². The molecule has 1 aromatic rings. The predicted octanol–water partition coefficient (Wildman–Crippen LogP) is 3.35. The van der Waals surface area contributed by atoms with Crippen LogP contribution in [-0.4, -0.2) is 45.1 Å². The average Bonchev–Trinajstić information content (AvgIpc) is 3.18. The summed E-state index contributed by atoms with van der Waals surface area (Å²) in [6.45, 7) is 4.14. The predicted molar refractivity (Wildman–Crippen MR) is 101 cm³/mol. The van der Waals surface area contributed by atoms with Crippen LogP contribution in [0.15, 0.2) is 36.9 Å². The molecule has 1 fully saturated rings. The fourth-order valence-corrected chi connectivity index (χ4v) is 4.12. The molecule has 0 atom stereocenters. The zero-order valence-corrected chi connectivity index (χ0v) is 15.9. The average molecular weight is 422 g/mol. The summed E-state index contributed by atoms with van der Waals surface area (Å²) in [7, 11) is 0. The molecule has 9 heteroatoms. The Labute approximate surface area is 157 Å². The largest absolute Gasteiger partial charge is 0.450 e. The molecule has 1 amide bonds. The second-order valence-electron chi connectivity index (χ2n) is 6.21. The molecule has 1 saturated heterocycles. The van der Waals surface area contributed by atoms with Crippen molar-refractivity contribution in [1.29, 1.82) is 5.41 Å². The van der Waals surface area contributed by atoms with Crippen LogP contribution in [0.3, 0.4) is 0 Å². The number of aliphatic imine (C=N–C) groups is 1. The van der Waals surface area contributed by atoms with Gasteiger partial charge in [-0.2, -0.15) is 10.0 Å². The van der Waals surface area contributed by atoms with Gasteiger partial charge in [0.05, 0.1) is 5.57 Å². The molecule has 3 aliphatic rings. The quantitative estimate of drug-likeness (QED) is 0.702. The molecule has 4 heterocycles. The van der Waals surface area contributed by atoms with Gasteiger partial charge >= 0.3 is 0 Å². The molecule has 0 aromatic carbocycles. The minimum Gasteiger partial charge on any atom is -0.450 e. The molecule has 0 saturated carbocycles. The van der Waals surface area contributed by atoms with Crippen molar-refractivity contribution < 1.29 is 9.21 Å². The van der Waals surface area contributed by atoms with E-state index in [2.05, 4.69) is 37.8 Å². The third kappa shape index (κ3) is 3.18. The van der Waals surface area contributed by atoms with Crippen molar-refractivity contribution >= 4 is 55.8 Å². The van der Waals surface area contributed by atoms with Crippen LogP contribution < -0.4 is 0 Å². The lowest BCUT2D eigenvalue weighted by molar-refractivity contribution is -0.114. The summed E-state index contributed by atoms with van der Waals surface area (Å²) in [5.41, 5.74) is 0.170. The van der Waals surface area contributed by atoms with E-state index in [4.69, 9.17) is 9.83 Å². The molecule has 0 aliphatic carbocycles. The Morgan fingerprint density at radius 2 is 2.12 bits per heavy atom. The van der Waals surface area contributed by atoms with Gasteiger partial charge in [0.15, 0.2) is 15.7 Å². The highest BCUT2D eigenvalue weighted by Gasteiger charge is 2.37. The Hall–Kier alpha value is -1.87. The van der Waals surface area contributed by atoms with Gasteiger partial charge in [-0.3, -0.25) is 10.2 Å². The topological polar surface area (TPSA) is 85.3 Å². The molecule has 1 N–H and O–H groups in total. The third-order valence-electron chi connectivity index (χ3n) is 4.38. The highest BCUT2D eigenvalue weighted by molar-refractivity contribution is 9.10. The van der Waals surface area contributed by atoms with Crippen molar-refractivity contribution in [3.63, 3.8) is 0 Å². The summed E-state index contributed by atoms with van der Waals surface area (Å²) in [6, 6.07) is 3.45. The number of hydrazone groups is 1. The maximum absolute atomic E-state index is 12.3. The van der Waals surface area contributed by atoms with E-state index < -0.39 is 5.91 Å². The first kappa shape index (κ1) is 16.6. The first-order valence-corrected chi connectivity index (χ1v) is 9.63. The van der Waals surface area contributed by atoms with Gasteiger partial charge in [-0.05, 0) is 64.7 Å². The van der Waals surface area contributed by atoms with Crippen LogP contribution >= 0.6 is 27.7 Å². The second-order valence-corrected chi connectivity index (χ2v) is 7.93. The van der Waals surface area contributed by atoms with Gasteiger partial charge in [0.2, 0.25) is 5.17 Å². The molecule has 0 spiro atoms. The van der Waals surface area contributed by atoms with Crippen LogP contribution in [0.25, 0.3) is 6.08 Å². The molecule has 130 valence electrons. The summed E-state index contributed by atoms with van der Waals surface area (Å²) in [6.07, 6.45) is 3.78. The Balaban J connectivity index is 1.59. The second kappa shape index (κ2) is 6.45. The first-order chi connectivity index (χ1) is 12.0. The molecule has 1 aromatic heterocycles. The van der Waals surface area contributed by atoms with Gasteiger partial charge in [-0.25, -0.2) is 0 Å². The van der Waals surface area contributed by atoms with Crippen LogP contribution in [0.1, 0.15) is 25.5 Å². The van der Waals surface area contributed by atoms with Crippen molar-refractivity contribution in [3.05, 3.63) is 28.1 Å². The van der Waals surface area contributed by atoms with Crippen LogP contribution in [0, 0.1) is 11.3 Å². The molecule has 25 heavy (non-hydrogen) atoms. The minimum absolute atomic E-state index is 0.0235. The number of thioether (sulfide) groups is 1. The first-order valence-electron chi connectivity index (χ1n) is 8.02. The van der Waals surface area contributed by atoms with Crippen molar-refractivity contribution in [1.82, 2.24) is 9.91 Å². The zero-order valence-electron chi connectivity index (χ0n) is 13.5. The van der Waals surface area contributed by atoms with E-state index in [9.17, 15) is 4.79 Å². The smallest absolute Gasteiger partial charge is 0.283 e. The number of fused-ring (bicyclic) bond motifs is 1. The Morgan fingerprint density at radius 1 is 1.36 bits per heavy atom. The molecule has 7 nitrogen and oxygen atoms in total. The fourth-order valence-electron chi connectivity index (χ4n) is 2.86. The zero-order chi connectivity index (χ0) is 17.6. The van der Waals surface area contributed by atoms with E-state index in [1.54, 1.807) is 12.1 Å². The van der Waals surface area contributed by atoms with Crippen molar-refractivity contribution in [2.45, 2.75) is 19.8 Å². The monoisotopic (exact) mass is 421 g/mol. The SMILES string of the molecule is CC1CCN(C2=NN3C(=N)/C(=C/c4ccc(Br)o4)C(=O)N=C3S2)CC1. The lowest BCUT2D eigenvalue weighted by atomic mass is 10.00. The number of carbonyl (C=O) groups excluding carboxylic acids is 1. The molecule has 0 unspecified atom stereocenters. The Morgan fingerprint density at radius 3 is 2.80 bits per heavy atom. The van der Waals surface area contributed by atoms with Crippen molar-refractivity contribution in [2.24, 2.45) is 16.0 Å². The van der Waals surface area contributed by atoms with Crippen LogP contribution in [-0.2, 0) is 4.79 Å². The number of nitrogens with one attached hydrogen (secondary N) is 1. The Bertz CT molecular complexity index is 835. The number of nitrogens with zero attached hydrogens (tertiary/aromatic N) is 4. The summed E-state index contributed by atoms with van der Waals surface area (Å²) in [5.74, 6) is 0.792. The van der Waals surface area contributed by atoms with Crippen molar-refractivity contribution in [3.8, 4) is 0 Å². The van der Waals surface area contributed by atoms with E-state index in [0.717, 1.165) is 37.0 Å². The van der Waals surface area contributed by atoms with E-state index in [1.165, 1.54) is 22.8 Å². The summed E-state index contributed by atoms with van der Waals surface area (Å²) in [4.78, 5) is 18.6. The molecule has 4 rings (SSSR count). The van der Waals surface area contributed by atoms with Gasteiger partial charge in [-0.1, -0.05) is 6.92 Å². The maximum atomic E-state index is 12.3. The Kier molecular flexibility index (Phi) is 4.28. The van der Waals surface area contributed by atoms with Gasteiger partial charge in [0.25, 0.3) is 5.91 Å². The van der Waals surface area contributed by atoms with Crippen LogP contribution in [0.4, 0.5) is 0 Å². The van der Waals surface area contributed by atoms with Gasteiger partial charge in [0, 0.05) is 13.1 Å². The minimum atomic E-state index is -0.444. The number of piperidine rings is 1. The number of furan rings is 1. The lowest BCUT2D eigenvalue weighted by Crippen LogP contribution is -2.36. The summed E-state index contributed by atoms with van der Waals surface area (Å²) < 4.78 is 5.96. The number of hydrogen-bond donors (Lipinski definition) is 1. The number of amides is 1. The highest BCUT2D eigenvalue weighted by Crippen LogP contribution is 2.31. The van der Waals surface area contributed by atoms with E-state index in [-0.39, 0.29) is 11.4 Å². The maximum Gasteiger partial charge on any atom is 0.283 e. The lowest BCUT2D eigenvalue weighted by Gasteiger charge is -2.30. The molecule has 0 radical (unpaired) electrons. The number of halogens is 1. The number of hydrogen-bond acceptors (Lipinski definition) is 6. The van der Waals surface area contributed by atoms with Crippen LogP contribution in [0.2, 0.25) is 0 Å². The fraction of sp³-hybridized carbons (Fsp3) is 0.375. The van der Waals surface area contributed by atoms with E-state index in [1.807, 2.05) is 0 Å². The number of carbonyl (C=O) groups is 1. The highest BCUT2D eigenvalue weighted by atomic mass is 79.9. The van der Waals surface area contributed by atoms with Crippen molar-refractivity contribution in [2.75, 3.05) is 13.1 Å². The summed E-state index contributed by atoms with van der Waals surface area (Å²) >= 11 is 4.58. The van der Waals surface area contributed by atoms with Gasteiger partial charge in [-0.15, -0.1) is 5.10 Å². The van der Waals surface area contributed by atoms with Crippen LogP contribution in [0.5, 0.6) is 0 Å². The molecular formula is C16H16BrN5O2S. The third-order valence-corrected chi connectivity index (χ3v) is 5.77. The number of rotatable bonds is 1. The van der Waals surface area contributed by atoms with Gasteiger partial charge in [0.1, 0.15) is 5.76 Å². The van der Waals surface area contributed by atoms with E-state index >= 15 is 0 Å². The normalized spacial score (nSPS) is 23.2. The van der Waals surface area contributed by atoms with Gasteiger partial charge < -0.3 is 9.32 Å². The standard InChI is InChI=1S/C16H16BrN5O2S/c1-9-4-6-21(7-5-9)16-20-22-13(18)11(14(23)19-15(22)25-16)8-10-2-3-12(17)24-10/h2-3,8-9,18H,4-7H2,1H3/b11-8-,18-13?. The number of likely N-dealkylation sites (tertiary alicyclic amines) is 1. The number of amidine groups is 3. The molecule has 3 aliphatic heterocycles. The molecular weight excluding hydrogens is 406 g/mol. The molecule has 0 bridgehead atoms. The summed E-state index contributed by atoms with van der Waals surface area (Å²) in [5, 5.41) is 15.6.